The highest BCUT2D eigenvalue weighted by molar-refractivity contribution is 6.32. The van der Waals surface area contributed by atoms with E-state index >= 15 is 0 Å². The van der Waals surface area contributed by atoms with Gasteiger partial charge in [-0.2, -0.15) is 0 Å². The average molecular weight is 272 g/mol. The second-order valence-corrected chi connectivity index (χ2v) is 4.34. The molecule has 0 N–H and O–H groups in total. The van der Waals surface area contributed by atoms with Crippen molar-refractivity contribution in [3.05, 3.63) is 33.3 Å². The molecule has 0 saturated carbocycles. The maximum Gasteiger partial charge on any atom is 0.271 e. The molecule has 0 aliphatic carbocycles. The van der Waals surface area contributed by atoms with Crippen molar-refractivity contribution in [3.63, 3.8) is 0 Å². The van der Waals surface area contributed by atoms with Gasteiger partial charge in [0, 0.05) is 18.1 Å². The van der Waals surface area contributed by atoms with Crippen LogP contribution in [-0.2, 0) is 4.79 Å². The van der Waals surface area contributed by atoms with Crippen LogP contribution in [0.15, 0.2) is 18.2 Å². The Morgan fingerprint density at radius 2 is 2.22 bits per heavy atom. The first-order valence-corrected chi connectivity index (χ1v) is 5.93. The topological polar surface area (TPSA) is 69.4 Å². The molecule has 0 aliphatic rings. The van der Waals surface area contributed by atoms with E-state index in [1.165, 1.54) is 18.2 Å². The van der Waals surface area contributed by atoms with Crippen molar-refractivity contribution in [1.29, 1.82) is 0 Å². The fourth-order valence-corrected chi connectivity index (χ4v) is 1.47. The van der Waals surface area contributed by atoms with Crippen molar-refractivity contribution in [3.8, 4) is 5.75 Å². The summed E-state index contributed by atoms with van der Waals surface area (Å²) in [4.78, 5) is 21.5. The first-order chi connectivity index (χ1) is 8.45. The number of halogens is 1. The Labute approximate surface area is 110 Å². The Bertz CT molecular complexity index is 461. The highest BCUT2D eigenvalue weighted by Gasteiger charge is 2.14. The molecular formula is C12H14ClNO4. The maximum absolute atomic E-state index is 11.6. The van der Waals surface area contributed by atoms with Crippen LogP contribution in [0.5, 0.6) is 5.75 Å². The molecule has 1 rings (SSSR count). The van der Waals surface area contributed by atoms with E-state index in [0.717, 1.165) is 6.42 Å². The zero-order valence-corrected chi connectivity index (χ0v) is 10.9. The Balaban J connectivity index is 2.69. The van der Waals surface area contributed by atoms with Gasteiger partial charge < -0.3 is 4.74 Å². The van der Waals surface area contributed by atoms with Gasteiger partial charge in [0.25, 0.3) is 5.69 Å². The van der Waals surface area contributed by atoms with Crippen LogP contribution in [0.1, 0.15) is 20.3 Å². The van der Waals surface area contributed by atoms with E-state index in [1.807, 2.05) is 13.8 Å². The molecule has 0 fully saturated rings. The predicted octanol–water partition coefficient (Wildman–Crippen LogP) is 3.24. The Morgan fingerprint density at radius 1 is 1.56 bits per heavy atom. The van der Waals surface area contributed by atoms with E-state index in [-0.39, 0.29) is 34.8 Å². The van der Waals surface area contributed by atoms with Crippen molar-refractivity contribution in [2.75, 3.05) is 6.61 Å². The van der Waals surface area contributed by atoms with Crippen LogP contribution >= 0.6 is 11.6 Å². The summed E-state index contributed by atoms with van der Waals surface area (Å²) < 4.78 is 5.25. The molecule has 0 bridgehead atoms. The lowest BCUT2D eigenvalue weighted by molar-refractivity contribution is -0.384. The summed E-state index contributed by atoms with van der Waals surface area (Å²) in [7, 11) is 0. The van der Waals surface area contributed by atoms with Crippen LogP contribution in [0, 0.1) is 16.0 Å². The Hall–Kier alpha value is -1.62. The van der Waals surface area contributed by atoms with Crippen molar-refractivity contribution in [2.45, 2.75) is 20.3 Å². The molecule has 98 valence electrons. The number of ketones is 1. The minimum absolute atomic E-state index is 0.0214. The fraction of sp³-hybridized carbons (Fsp3) is 0.417. The number of nitrogens with zero attached hydrogens (tertiary/aromatic N) is 1. The van der Waals surface area contributed by atoms with Crippen LogP contribution in [-0.4, -0.2) is 17.3 Å². The molecule has 18 heavy (non-hydrogen) atoms. The van der Waals surface area contributed by atoms with Gasteiger partial charge in [0.2, 0.25) is 0 Å². The lowest BCUT2D eigenvalue weighted by atomic mass is 10.1. The third-order valence-corrected chi connectivity index (χ3v) is 2.95. The van der Waals surface area contributed by atoms with Crippen molar-refractivity contribution >= 4 is 23.1 Å². The van der Waals surface area contributed by atoms with Crippen LogP contribution in [0.25, 0.3) is 0 Å². The number of nitro benzene ring substituents is 1. The molecule has 0 heterocycles. The summed E-state index contributed by atoms with van der Waals surface area (Å²) in [6, 6.07) is 3.88. The maximum atomic E-state index is 11.6. The van der Waals surface area contributed by atoms with E-state index in [2.05, 4.69) is 0 Å². The zero-order chi connectivity index (χ0) is 13.7. The van der Waals surface area contributed by atoms with Crippen molar-refractivity contribution in [2.24, 2.45) is 5.92 Å². The van der Waals surface area contributed by atoms with Crippen LogP contribution in [0.4, 0.5) is 5.69 Å². The number of non-ortho nitro benzene ring substituents is 1. The molecule has 0 aromatic heterocycles. The van der Waals surface area contributed by atoms with E-state index < -0.39 is 4.92 Å². The summed E-state index contributed by atoms with van der Waals surface area (Å²) in [5.74, 6) is 0.188. The SMILES string of the molecule is CCC(C)C(=O)COc1ccc([N+](=O)[O-])cc1Cl. The van der Waals surface area contributed by atoms with Crippen molar-refractivity contribution < 1.29 is 14.5 Å². The molecular weight excluding hydrogens is 258 g/mol. The molecule has 1 aromatic carbocycles. The van der Waals surface area contributed by atoms with Gasteiger partial charge in [-0.15, -0.1) is 0 Å². The Kier molecular flexibility index (Phi) is 5.09. The summed E-state index contributed by atoms with van der Waals surface area (Å²) in [5, 5.41) is 10.6. The van der Waals surface area contributed by atoms with Gasteiger partial charge in [0.15, 0.2) is 5.78 Å². The van der Waals surface area contributed by atoms with E-state index in [1.54, 1.807) is 0 Å². The number of carbonyl (C=O) groups excluding carboxylic acids is 1. The largest absolute Gasteiger partial charge is 0.484 e. The number of ether oxygens (including phenoxy) is 1. The van der Waals surface area contributed by atoms with Gasteiger partial charge in [-0.05, 0) is 12.5 Å². The minimum atomic E-state index is -0.542. The van der Waals surface area contributed by atoms with Crippen LogP contribution < -0.4 is 4.74 Å². The highest BCUT2D eigenvalue weighted by atomic mass is 35.5. The van der Waals surface area contributed by atoms with Gasteiger partial charge in [0.05, 0.1) is 9.95 Å². The molecule has 0 aliphatic heterocycles. The number of carbonyl (C=O) groups is 1. The van der Waals surface area contributed by atoms with Gasteiger partial charge in [-0.1, -0.05) is 25.4 Å². The molecule has 1 unspecified atom stereocenters. The Morgan fingerprint density at radius 3 is 2.72 bits per heavy atom. The van der Waals surface area contributed by atoms with E-state index in [0.29, 0.717) is 0 Å². The van der Waals surface area contributed by atoms with Crippen LogP contribution in [0.2, 0.25) is 5.02 Å². The summed E-state index contributed by atoms with van der Waals surface area (Å²) in [6.07, 6.45) is 0.746. The van der Waals surface area contributed by atoms with Gasteiger partial charge >= 0.3 is 0 Å². The molecule has 0 radical (unpaired) electrons. The third-order valence-electron chi connectivity index (χ3n) is 2.66. The standard InChI is InChI=1S/C12H14ClNO4/c1-3-8(2)11(15)7-18-12-5-4-9(14(16)17)6-10(12)13/h4-6,8H,3,7H2,1-2H3. The second kappa shape index (κ2) is 6.35. The van der Waals surface area contributed by atoms with Crippen molar-refractivity contribution in [1.82, 2.24) is 0 Å². The minimum Gasteiger partial charge on any atom is -0.484 e. The summed E-state index contributed by atoms with van der Waals surface area (Å²) in [5.41, 5.74) is -0.111. The zero-order valence-electron chi connectivity index (χ0n) is 10.2. The first kappa shape index (κ1) is 14.4. The number of nitro groups is 1. The summed E-state index contributed by atoms with van der Waals surface area (Å²) >= 11 is 5.83. The number of benzene rings is 1. The quantitative estimate of drug-likeness (QED) is 0.588. The predicted molar refractivity (Wildman–Crippen MR) is 68.1 cm³/mol. The van der Waals surface area contributed by atoms with Gasteiger partial charge in [0.1, 0.15) is 12.4 Å². The summed E-state index contributed by atoms with van der Waals surface area (Å²) in [6.45, 7) is 3.66. The fourth-order valence-electron chi connectivity index (χ4n) is 1.24. The normalized spacial score (nSPS) is 11.9. The monoisotopic (exact) mass is 271 g/mol. The van der Waals surface area contributed by atoms with Gasteiger partial charge in [-0.25, -0.2) is 0 Å². The molecule has 6 heteroatoms. The third kappa shape index (κ3) is 3.70. The molecule has 1 aromatic rings. The smallest absolute Gasteiger partial charge is 0.271 e. The molecule has 5 nitrogen and oxygen atoms in total. The molecule has 0 amide bonds. The average Bonchev–Trinajstić information content (AvgIpc) is 2.35. The first-order valence-electron chi connectivity index (χ1n) is 5.55. The van der Waals surface area contributed by atoms with Gasteiger partial charge in [-0.3, -0.25) is 14.9 Å². The highest BCUT2D eigenvalue weighted by Crippen LogP contribution is 2.28. The van der Waals surface area contributed by atoms with E-state index in [4.69, 9.17) is 16.3 Å². The number of hydrogen-bond donors (Lipinski definition) is 0. The molecule has 1 atom stereocenters. The second-order valence-electron chi connectivity index (χ2n) is 3.94. The molecule has 0 spiro atoms. The number of Topliss-reactive ketones (excluding diaryl/α,β-unsaturated/α-hetero) is 1. The number of rotatable bonds is 6. The molecule has 0 saturated heterocycles. The lowest BCUT2D eigenvalue weighted by Gasteiger charge is -2.10. The van der Waals surface area contributed by atoms with Crippen LogP contribution in [0.3, 0.4) is 0 Å². The van der Waals surface area contributed by atoms with E-state index in [9.17, 15) is 14.9 Å². The lowest BCUT2D eigenvalue weighted by Crippen LogP contribution is -2.18. The number of hydrogen-bond acceptors (Lipinski definition) is 4.